The molecule has 0 bridgehead atoms. The third kappa shape index (κ3) is 10.8. The first-order valence-electron chi connectivity index (χ1n) is 6.32. The Bertz CT molecular complexity index is 141. The van der Waals surface area contributed by atoms with Gasteiger partial charge in [-0.2, -0.15) is 0 Å². The van der Waals surface area contributed by atoms with Gasteiger partial charge in [0.2, 0.25) is 0 Å². The fraction of sp³-hybridized carbons (Fsp3) is 1.00. The first kappa shape index (κ1) is 16.3. The molecule has 0 aliphatic carbocycles. The van der Waals surface area contributed by atoms with Gasteiger partial charge in [0, 0.05) is 0 Å². The fourth-order valence-corrected chi connectivity index (χ4v) is 2.24. The highest BCUT2D eigenvalue weighted by Gasteiger charge is 2.15. The molecule has 0 spiro atoms. The van der Waals surface area contributed by atoms with Crippen LogP contribution in [0.2, 0.25) is 0 Å². The van der Waals surface area contributed by atoms with Crippen molar-refractivity contribution in [1.29, 1.82) is 0 Å². The smallest absolute Gasteiger partial charge is 0.312 e. The van der Waals surface area contributed by atoms with Crippen molar-refractivity contribution in [3.63, 3.8) is 0 Å². The summed E-state index contributed by atoms with van der Waals surface area (Å²) in [6.07, 6.45) is 5.15. The van der Waals surface area contributed by atoms with Crippen LogP contribution in [0.4, 0.5) is 0 Å². The average molecular weight is 250 g/mol. The summed E-state index contributed by atoms with van der Waals surface area (Å²) in [5, 5.41) is 0. The second-order valence-corrected chi connectivity index (χ2v) is 5.55. The zero-order chi connectivity index (χ0) is 12.4. The summed E-state index contributed by atoms with van der Waals surface area (Å²) in [4.78, 5) is 0. The lowest BCUT2D eigenvalue weighted by Gasteiger charge is -2.20. The van der Waals surface area contributed by atoms with Crippen molar-refractivity contribution in [2.24, 2.45) is 0 Å². The molecular formula is C12H27O3P. The molecule has 98 valence electrons. The van der Waals surface area contributed by atoms with Gasteiger partial charge >= 0.3 is 8.60 Å². The Balaban J connectivity index is 3.65. The fourth-order valence-electron chi connectivity index (χ4n) is 1.10. The molecule has 0 fully saturated rings. The average Bonchev–Trinajstić information content (AvgIpc) is 2.15. The van der Waals surface area contributed by atoms with Crippen LogP contribution in [0.3, 0.4) is 0 Å². The molecule has 3 nitrogen and oxygen atoms in total. The number of hydrogen-bond acceptors (Lipinski definition) is 3. The van der Waals surface area contributed by atoms with Gasteiger partial charge in [-0.25, -0.2) is 0 Å². The van der Waals surface area contributed by atoms with Gasteiger partial charge in [0.05, 0.1) is 18.8 Å². The monoisotopic (exact) mass is 250 g/mol. The SMILES string of the molecule is CCCCCCOP(OC(C)C)OC(C)C. The molecule has 0 saturated heterocycles. The second-order valence-electron chi connectivity index (χ2n) is 4.43. The second kappa shape index (κ2) is 10.5. The van der Waals surface area contributed by atoms with E-state index in [0.717, 1.165) is 13.0 Å². The van der Waals surface area contributed by atoms with E-state index in [1.807, 2.05) is 27.7 Å². The minimum absolute atomic E-state index is 0.153. The van der Waals surface area contributed by atoms with Crippen LogP contribution >= 0.6 is 8.60 Å². The van der Waals surface area contributed by atoms with Gasteiger partial charge < -0.3 is 13.6 Å². The van der Waals surface area contributed by atoms with E-state index in [2.05, 4.69) is 6.92 Å². The molecule has 0 aromatic carbocycles. The molecule has 0 radical (unpaired) electrons. The molecule has 16 heavy (non-hydrogen) atoms. The molecule has 4 heteroatoms. The zero-order valence-corrected chi connectivity index (χ0v) is 12.3. The Morgan fingerprint density at radius 1 is 0.875 bits per heavy atom. The summed E-state index contributed by atoms with van der Waals surface area (Å²) in [6.45, 7) is 10.9. The Morgan fingerprint density at radius 2 is 1.44 bits per heavy atom. The highest BCUT2D eigenvalue weighted by molar-refractivity contribution is 7.41. The number of rotatable bonds is 10. The molecule has 0 aliphatic heterocycles. The molecule has 0 aliphatic rings. The van der Waals surface area contributed by atoms with Crippen molar-refractivity contribution in [3.8, 4) is 0 Å². The topological polar surface area (TPSA) is 27.7 Å². The van der Waals surface area contributed by atoms with Gasteiger partial charge in [-0.15, -0.1) is 0 Å². The van der Waals surface area contributed by atoms with Crippen molar-refractivity contribution in [2.45, 2.75) is 72.5 Å². The summed E-state index contributed by atoms with van der Waals surface area (Å²) in [5.74, 6) is 0. The normalized spacial score (nSPS) is 12.0. The van der Waals surface area contributed by atoms with Gasteiger partial charge in [0.15, 0.2) is 0 Å². The molecule has 0 aromatic rings. The van der Waals surface area contributed by atoms with Crippen molar-refractivity contribution in [3.05, 3.63) is 0 Å². The molecular weight excluding hydrogens is 223 g/mol. The van der Waals surface area contributed by atoms with E-state index in [9.17, 15) is 0 Å². The number of hydrogen-bond donors (Lipinski definition) is 0. The van der Waals surface area contributed by atoms with Crippen molar-refractivity contribution >= 4 is 8.60 Å². The van der Waals surface area contributed by atoms with Gasteiger partial charge in [0.1, 0.15) is 0 Å². The number of unbranched alkanes of at least 4 members (excludes halogenated alkanes) is 3. The Labute approximate surface area is 102 Å². The summed E-state index contributed by atoms with van der Waals surface area (Å²) in [5.41, 5.74) is 0. The van der Waals surface area contributed by atoms with Crippen LogP contribution in [0.15, 0.2) is 0 Å². The summed E-state index contributed by atoms with van der Waals surface area (Å²) in [6, 6.07) is 0. The highest BCUT2D eigenvalue weighted by Crippen LogP contribution is 2.42. The maximum atomic E-state index is 5.63. The van der Waals surface area contributed by atoms with E-state index in [1.165, 1.54) is 19.3 Å². The quantitative estimate of drug-likeness (QED) is 0.417. The molecule has 0 rings (SSSR count). The molecule has 0 atom stereocenters. The largest absolute Gasteiger partial charge is 0.333 e. The van der Waals surface area contributed by atoms with Crippen molar-refractivity contribution < 1.29 is 13.6 Å². The van der Waals surface area contributed by atoms with Gasteiger partial charge in [-0.05, 0) is 34.1 Å². The van der Waals surface area contributed by atoms with Gasteiger partial charge in [-0.1, -0.05) is 26.2 Å². The van der Waals surface area contributed by atoms with Crippen LogP contribution in [0, 0.1) is 0 Å². The highest BCUT2D eigenvalue weighted by atomic mass is 31.2. The van der Waals surface area contributed by atoms with E-state index in [1.54, 1.807) is 0 Å². The third-order valence-corrected chi connectivity index (χ3v) is 3.37. The Hall–Kier alpha value is 0.310. The third-order valence-electron chi connectivity index (χ3n) is 1.79. The molecule has 0 N–H and O–H groups in total. The molecule has 0 aromatic heterocycles. The first-order valence-corrected chi connectivity index (χ1v) is 7.42. The summed E-state index contributed by atoms with van der Waals surface area (Å²) in [7, 11) is -1.16. The van der Waals surface area contributed by atoms with E-state index >= 15 is 0 Å². The lowest BCUT2D eigenvalue weighted by atomic mass is 10.2. The summed E-state index contributed by atoms with van der Waals surface area (Å²) >= 11 is 0. The lowest BCUT2D eigenvalue weighted by molar-refractivity contribution is 0.111. The van der Waals surface area contributed by atoms with Crippen LogP contribution in [-0.4, -0.2) is 18.8 Å². The molecule has 0 saturated carbocycles. The van der Waals surface area contributed by atoms with Crippen molar-refractivity contribution in [2.75, 3.05) is 6.61 Å². The van der Waals surface area contributed by atoms with E-state index in [-0.39, 0.29) is 12.2 Å². The van der Waals surface area contributed by atoms with E-state index < -0.39 is 8.60 Å². The Kier molecular flexibility index (Phi) is 10.7. The molecule has 0 unspecified atom stereocenters. The predicted octanol–water partition coefficient (Wildman–Crippen LogP) is 4.66. The van der Waals surface area contributed by atoms with Crippen LogP contribution in [0.25, 0.3) is 0 Å². The lowest BCUT2D eigenvalue weighted by Crippen LogP contribution is -2.07. The minimum atomic E-state index is -1.16. The Morgan fingerprint density at radius 3 is 1.88 bits per heavy atom. The summed E-state index contributed by atoms with van der Waals surface area (Å²) < 4.78 is 16.8. The van der Waals surface area contributed by atoms with Crippen molar-refractivity contribution in [1.82, 2.24) is 0 Å². The molecule has 0 amide bonds. The van der Waals surface area contributed by atoms with E-state index in [4.69, 9.17) is 13.6 Å². The standard InChI is InChI=1S/C12H27O3P/c1-6-7-8-9-10-13-16(14-11(2)3)15-12(4)5/h11-12H,6-10H2,1-5H3. The van der Waals surface area contributed by atoms with Crippen LogP contribution in [0.5, 0.6) is 0 Å². The van der Waals surface area contributed by atoms with Crippen LogP contribution in [-0.2, 0) is 13.6 Å². The molecule has 0 heterocycles. The first-order chi connectivity index (χ1) is 7.56. The van der Waals surface area contributed by atoms with Gasteiger partial charge in [-0.3, -0.25) is 0 Å². The predicted molar refractivity (Wildman–Crippen MR) is 69.5 cm³/mol. The maximum Gasteiger partial charge on any atom is 0.333 e. The maximum absolute atomic E-state index is 5.63. The van der Waals surface area contributed by atoms with Crippen LogP contribution in [0.1, 0.15) is 60.3 Å². The van der Waals surface area contributed by atoms with Gasteiger partial charge in [0.25, 0.3) is 0 Å². The minimum Gasteiger partial charge on any atom is -0.312 e. The van der Waals surface area contributed by atoms with E-state index in [0.29, 0.717) is 0 Å². The van der Waals surface area contributed by atoms with Crippen LogP contribution < -0.4 is 0 Å². The zero-order valence-electron chi connectivity index (χ0n) is 11.4.